The molecular formula is C18H17O10P3. The summed E-state index contributed by atoms with van der Waals surface area (Å²) in [5.41, 5.74) is 0. The first-order valence-corrected chi connectivity index (χ1v) is 13.0. The van der Waals surface area contributed by atoms with Gasteiger partial charge in [0.05, 0.1) is 0 Å². The Morgan fingerprint density at radius 3 is 1.13 bits per heavy atom. The van der Waals surface area contributed by atoms with E-state index in [0.717, 1.165) is 0 Å². The van der Waals surface area contributed by atoms with Gasteiger partial charge in [0, 0.05) is 0 Å². The Morgan fingerprint density at radius 1 is 0.484 bits per heavy atom. The van der Waals surface area contributed by atoms with E-state index in [9.17, 15) is 23.5 Å². The van der Waals surface area contributed by atoms with Gasteiger partial charge in [-0.25, -0.2) is 13.7 Å². The lowest BCUT2D eigenvalue weighted by atomic mass is 10.3. The van der Waals surface area contributed by atoms with Crippen LogP contribution in [0.15, 0.2) is 91.0 Å². The fourth-order valence-corrected chi connectivity index (χ4v) is 6.30. The van der Waals surface area contributed by atoms with Gasteiger partial charge in [-0.1, -0.05) is 54.6 Å². The van der Waals surface area contributed by atoms with Crippen molar-refractivity contribution in [1.82, 2.24) is 0 Å². The van der Waals surface area contributed by atoms with Crippen molar-refractivity contribution in [1.29, 1.82) is 0 Å². The second-order valence-electron chi connectivity index (χ2n) is 5.76. The van der Waals surface area contributed by atoms with Crippen LogP contribution in [-0.4, -0.2) is 9.79 Å². The molecule has 31 heavy (non-hydrogen) atoms. The molecular weight excluding hydrogens is 469 g/mol. The first-order chi connectivity index (χ1) is 14.6. The molecule has 0 saturated carbocycles. The topological polar surface area (TPSA) is 138 Å². The zero-order valence-corrected chi connectivity index (χ0v) is 18.3. The molecule has 0 aromatic heterocycles. The van der Waals surface area contributed by atoms with Gasteiger partial charge in [-0.05, 0) is 36.4 Å². The quantitative estimate of drug-likeness (QED) is 0.350. The number of para-hydroxylation sites is 3. The zero-order valence-electron chi connectivity index (χ0n) is 15.7. The van der Waals surface area contributed by atoms with Crippen LogP contribution in [-0.2, 0) is 22.3 Å². The lowest BCUT2D eigenvalue weighted by molar-refractivity contribution is 0.213. The smallest absolute Gasteiger partial charge is 0.403 e. The fraction of sp³-hybridized carbons (Fsp3) is 0. The first-order valence-electron chi connectivity index (χ1n) is 8.57. The largest absolute Gasteiger partial charge is 0.597 e. The lowest BCUT2D eigenvalue weighted by Gasteiger charge is -2.23. The standard InChI is InChI=1S/C18H17O10P3/c19-29(20,21)27-31(23,26-18-14-8-3-9-15-18)28-30(22,24-16-10-4-1-5-11-16)25-17-12-6-2-7-13-17/h1-15H,(H2,19,20,21). The number of phosphoric acid groups is 3. The number of hydrogen-bond donors (Lipinski definition) is 2. The first kappa shape index (κ1) is 23.3. The minimum absolute atomic E-state index is 0.00389. The maximum atomic E-state index is 13.4. The van der Waals surface area contributed by atoms with E-state index in [-0.39, 0.29) is 17.2 Å². The van der Waals surface area contributed by atoms with Gasteiger partial charge in [0.1, 0.15) is 17.2 Å². The summed E-state index contributed by atoms with van der Waals surface area (Å²) in [5.74, 6) is -0.126. The van der Waals surface area contributed by atoms with Crippen LogP contribution in [0.1, 0.15) is 0 Å². The van der Waals surface area contributed by atoms with Crippen molar-refractivity contribution >= 4 is 23.5 Å². The van der Waals surface area contributed by atoms with E-state index in [4.69, 9.17) is 17.9 Å². The van der Waals surface area contributed by atoms with Gasteiger partial charge in [0.2, 0.25) is 0 Å². The molecule has 0 amide bonds. The normalized spacial score (nSPS) is 13.7. The molecule has 3 aromatic carbocycles. The monoisotopic (exact) mass is 486 g/mol. The highest BCUT2D eigenvalue weighted by atomic mass is 31.3. The summed E-state index contributed by atoms with van der Waals surface area (Å²) in [6, 6.07) is 22.5. The van der Waals surface area contributed by atoms with Gasteiger partial charge >= 0.3 is 23.5 Å². The van der Waals surface area contributed by atoms with Gasteiger partial charge in [0.25, 0.3) is 0 Å². The van der Waals surface area contributed by atoms with Crippen molar-refractivity contribution in [3.63, 3.8) is 0 Å². The lowest BCUT2D eigenvalue weighted by Crippen LogP contribution is -2.08. The molecule has 3 rings (SSSR count). The van der Waals surface area contributed by atoms with Crippen LogP contribution in [0.2, 0.25) is 0 Å². The summed E-state index contributed by atoms with van der Waals surface area (Å²) < 4.78 is 62.7. The number of hydrogen-bond acceptors (Lipinski definition) is 8. The van der Waals surface area contributed by atoms with Crippen LogP contribution in [0.3, 0.4) is 0 Å². The number of benzene rings is 3. The molecule has 2 N–H and O–H groups in total. The molecule has 0 heterocycles. The average Bonchev–Trinajstić information content (AvgIpc) is 2.68. The SMILES string of the molecule is O=P(O)(O)OP(=O)(Oc1ccccc1)OP(=O)(Oc1ccccc1)Oc1ccccc1. The molecule has 0 aliphatic rings. The highest BCUT2D eigenvalue weighted by Crippen LogP contribution is 2.69. The van der Waals surface area contributed by atoms with E-state index in [1.54, 1.807) is 42.5 Å². The van der Waals surface area contributed by atoms with Gasteiger partial charge in [0.15, 0.2) is 0 Å². The Morgan fingerprint density at radius 2 is 0.806 bits per heavy atom. The minimum Gasteiger partial charge on any atom is -0.403 e. The maximum Gasteiger partial charge on any atom is 0.597 e. The summed E-state index contributed by atoms with van der Waals surface area (Å²) in [4.78, 5) is 18.4. The highest BCUT2D eigenvalue weighted by molar-refractivity contribution is 7.67. The molecule has 0 aliphatic carbocycles. The van der Waals surface area contributed by atoms with Crippen LogP contribution in [0.4, 0.5) is 0 Å². The van der Waals surface area contributed by atoms with Crippen molar-refractivity contribution in [3.8, 4) is 17.2 Å². The van der Waals surface area contributed by atoms with E-state index in [1.807, 2.05) is 0 Å². The van der Waals surface area contributed by atoms with Crippen LogP contribution in [0.5, 0.6) is 17.2 Å². The Kier molecular flexibility index (Phi) is 7.36. The van der Waals surface area contributed by atoms with E-state index < -0.39 is 23.5 Å². The molecule has 1 unspecified atom stereocenters. The minimum atomic E-state index is -5.42. The van der Waals surface area contributed by atoms with Crippen LogP contribution in [0.25, 0.3) is 0 Å². The van der Waals surface area contributed by atoms with Crippen molar-refractivity contribution in [2.75, 3.05) is 0 Å². The Hall–Kier alpha value is -2.41. The van der Waals surface area contributed by atoms with Crippen LogP contribution >= 0.6 is 23.5 Å². The van der Waals surface area contributed by atoms with Gasteiger partial charge in [-0.3, -0.25) is 0 Å². The molecule has 0 spiro atoms. The summed E-state index contributed by atoms with van der Waals surface area (Å²) >= 11 is 0. The van der Waals surface area contributed by atoms with Crippen LogP contribution < -0.4 is 13.6 Å². The summed E-state index contributed by atoms with van der Waals surface area (Å²) in [7, 11) is -15.5. The van der Waals surface area contributed by atoms with E-state index >= 15 is 0 Å². The predicted octanol–water partition coefficient (Wildman–Crippen LogP) is 5.57. The molecule has 0 saturated heterocycles. The zero-order chi connectivity index (χ0) is 22.4. The third-order valence-electron chi connectivity index (χ3n) is 3.29. The summed E-state index contributed by atoms with van der Waals surface area (Å²) in [5, 5.41) is 0. The van der Waals surface area contributed by atoms with Gasteiger partial charge < -0.3 is 23.4 Å². The highest BCUT2D eigenvalue weighted by Gasteiger charge is 2.48. The summed E-state index contributed by atoms with van der Waals surface area (Å²) in [6.45, 7) is 0. The van der Waals surface area contributed by atoms with Crippen LogP contribution in [0, 0.1) is 0 Å². The van der Waals surface area contributed by atoms with Crippen molar-refractivity contribution in [2.45, 2.75) is 0 Å². The van der Waals surface area contributed by atoms with E-state index in [1.165, 1.54) is 48.5 Å². The second kappa shape index (κ2) is 9.81. The number of rotatable bonds is 10. The van der Waals surface area contributed by atoms with Gasteiger partial charge in [-0.15, -0.1) is 0 Å². The molecule has 0 radical (unpaired) electrons. The predicted molar refractivity (Wildman–Crippen MR) is 111 cm³/mol. The average molecular weight is 486 g/mol. The third kappa shape index (κ3) is 7.65. The van der Waals surface area contributed by atoms with Crippen molar-refractivity contribution < 1.29 is 45.7 Å². The van der Waals surface area contributed by atoms with E-state index in [2.05, 4.69) is 4.31 Å². The molecule has 10 nitrogen and oxygen atoms in total. The Balaban J connectivity index is 1.97. The fourth-order valence-electron chi connectivity index (χ4n) is 2.18. The molecule has 0 aliphatic heterocycles. The number of phosphoric ester groups is 1. The second-order valence-corrected chi connectivity index (χ2v) is 10.4. The van der Waals surface area contributed by atoms with Crippen molar-refractivity contribution in [3.05, 3.63) is 91.0 Å². The Bertz CT molecular complexity index is 1070. The molecule has 3 aromatic rings. The van der Waals surface area contributed by atoms with Gasteiger partial charge in [-0.2, -0.15) is 8.62 Å². The maximum absolute atomic E-state index is 13.4. The molecule has 13 heteroatoms. The van der Waals surface area contributed by atoms with Crippen molar-refractivity contribution in [2.24, 2.45) is 0 Å². The molecule has 0 bridgehead atoms. The molecule has 1 atom stereocenters. The molecule has 0 fully saturated rings. The van der Waals surface area contributed by atoms with E-state index in [0.29, 0.717) is 0 Å². The third-order valence-corrected chi connectivity index (χ3v) is 7.84. The summed E-state index contributed by atoms with van der Waals surface area (Å²) in [6.07, 6.45) is 0. The Labute approximate surface area is 177 Å². The molecule has 164 valence electrons.